The molecule has 0 radical (unpaired) electrons. The molecule has 1 aromatic carbocycles. The van der Waals surface area contributed by atoms with Crippen molar-refractivity contribution in [2.75, 3.05) is 5.32 Å². The molecule has 1 aliphatic rings. The zero-order valence-corrected chi connectivity index (χ0v) is 12.5. The van der Waals surface area contributed by atoms with Gasteiger partial charge in [0.15, 0.2) is 0 Å². The van der Waals surface area contributed by atoms with Gasteiger partial charge < -0.3 is 5.32 Å². The van der Waals surface area contributed by atoms with Crippen LogP contribution in [-0.4, -0.2) is 6.04 Å². The summed E-state index contributed by atoms with van der Waals surface area (Å²) >= 11 is 9.59. The Morgan fingerprint density at radius 3 is 2.71 bits per heavy atom. The fourth-order valence-corrected chi connectivity index (χ4v) is 3.14. The first-order valence-electron chi connectivity index (χ1n) is 6.38. The fourth-order valence-electron chi connectivity index (χ4n) is 2.61. The maximum absolute atomic E-state index is 6.03. The van der Waals surface area contributed by atoms with E-state index in [0.717, 1.165) is 21.1 Å². The van der Waals surface area contributed by atoms with Crippen LogP contribution in [0.25, 0.3) is 0 Å². The topological polar surface area (TPSA) is 12.0 Å². The summed E-state index contributed by atoms with van der Waals surface area (Å²) in [5.74, 6) is 0.801. The number of benzene rings is 1. The average molecular weight is 317 g/mol. The van der Waals surface area contributed by atoms with E-state index < -0.39 is 0 Å². The van der Waals surface area contributed by atoms with E-state index >= 15 is 0 Å². The Kier molecular flexibility index (Phi) is 4.75. The summed E-state index contributed by atoms with van der Waals surface area (Å²) in [6.07, 6.45) is 6.88. The quantitative estimate of drug-likeness (QED) is 0.778. The van der Waals surface area contributed by atoms with Crippen molar-refractivity contribution in [1.82, 2.24) is 0 Å². The third-order valence-electron chi connectivity index (χ3n) is 3.67. The highest BCUT2D eigenvalue weighted by atomic mass is 79.9. The van der Waals surface area contributed by atoms with E-state index in [-0.39, 0.29) is 0 Å². The second-order valence-electron chi connectivity index (χ2n) is 4.96. The molecule has 1 nitrogen and oxygen atoms in total. The molecule has 0 spiro atoms. The zero-order chi connectivity index (χ0) is 12.3. The molecule has 94 valence electrons. The lowest BCUT2D eigenvalue weighted by atomic mass is 9.84. The lowest BCUT2D eigenvalue weighted by Gasteiger charge is -2.29. The largest absolute Gasteiger partial charge is 0.381 e. The molecule has 1 fully saturated rings. The van der Waals surface area contributed by atoms with Crippen LogP contribution in [0.2, 0.25) is 5.02 Å². The third-order valence-corrected chi connectivity index (χ3v) is 4.60. The summed E-state index contributed by atoms with van der Waals surface area (Å²) in [7, 11) is 0. The smallest absolute Gasteiger partial charge is 0.0501 e. The summed E-state index contributed by atoms with van der Waals surface area (Å²) in [4.78, 5) is 0. The van der Waals surface area contributed by atoms with Gasteiger partial charge in [0.1, 0.15) is 0 Å². The van der Waals surface area contributed by atoms with E-state index in [0.29, 0.717) is 6.04 Å². The van der Waals surface area contributed by atoms with Gasteiger partial charge in [-0.05, 0) is 59.8 Å². The highest BCUT2D eigenvalue weighted by molar-refractivity contribution is 9.10. The number of anilines is 1. The predicted octanol–water partition coefficient (Wildman–Crippen LogP) is 5.48. The molecule has 1 aromatic rings. The molecule has 1 aliphatic carbocycles. The van der Waals surface area contributed by atoms with Gasteiger partial charge in [0.25, 0.3) is 0 Å². The molecule has 0 heterocycles. The van der Waals surface area contributed by atoms with E-state index in [2.05, 4.69) is 28.2 Å². The van der Waals surface area contributed by atoms with E-state index in [1.807, 2.05) is 18.2 Å². The number of halogens is 2. The zero-order valence-electron chi connectivity index (χ0n) is 10.2. The van der Waals surface area contributed by atoms with E-state index in [9.17, 15) is 0 Å². The highest BCUT2D eigenvalue weighted by Gasteiger charge is 2.20. The molecule has 1 atom stereocenters. The van der Waals surface area contributed by atoms with Crippen LogP contribution in [0.3, 0.4) is 0 Å². The summed E-state index contributed by atoms with van der Waals surface area (Å²) in [6, 6.07) is 6.41. The van der Waals surface area contributed by atoms with Crippen LogP contribution in [0.1, 0.15) is 39.0 Å². The molecule has 0 bridgehead atoms. The standard InChI is InChI=1S/C14H19BrClN/c1-10(11-5-3-2-4-6-11)17-14-9-12(16)7-8-13(14)15/h7-11,17H,2-6H2,1H3. The van der Waals surface area contributed by atoms with Gasteiger partial charge in [-0.1, -0.05) is 30.9 Å². The van der Waals surface area contributed by atoms with Crippen molar-refractivity contribution >= 4 is 33.2 Å². The van der Waals surface area contributed by atoms with Crippen LogP contribution in [0.15, 0.2) is 22.7 Å². The second kappa shape index (κ2) is 6.10. The van der Waals surface area contributed by atoms with Crippen LogP contribution in [0.5, 0.6) is 0 Å². The van der Waals surface area contributed by atoms with Gasteiger partial charge in [-0.25, -0.2) is 0 Å². The van der Waals surface area contributed by atoms with Crippen LogP contribution in [-0.2, 0) is 0 Å². The van der Waals surface area contributed by atoms with Crippen LogP contribution >= 0.6 is 27.5 Å². The normalized spacial score (nSPS) is 19.0. The van der Waals surface area contributed by atoms with Crippen molar-refractivity contribution in [3.8, 4) is 0 Å². The predicted molar refractivity (Wildman–Crippen MR) is 78.8 cm³/mol. The fraction of sp³-hybridized carbons (Fsp3) is 0.571. The first kappa shape index (κ1) is 13.2. The molecule has 1 N–H and O–H groups in total. The number of nitrogens with one attached hydrogen (secondary N) is 1. The van der Waals surface area contributed by atoms with Gasteiger partial charge in [0.2, 0.25) is 0 Å². The minimum atomic E-state index is 0.519. The summed E-state index contributed by atoms with van der Waals surface area (Å²) in [5, 5.41) is 4.37. The van der Waals surface area contributed by atoms with Gasteiger partial charge in [-0.2, -0.15) is 0 Å². The maximum atomic E-state index is 6.03. The second-order valence-corrected chi connectivity index (χ2v) is 6.25. The van der Waals surface area contributed by atoms with Gasteiger partial charge in [-0.3, -0.25) is 0 Å². The van der Waals surface area contributed by atoms with Gasteiger partial charge in [-0.15, -0.1) is 0 Å². The maximum Gasteiger partial charge on any atom is 0.0501 e. The Balaban J connectivity index is 2.01. The Bertz CT molecular complexity index is 374. The average Bonchev–Trinajstić information content (AvgIpc) is 2.35. The monoisotopic (exact) mass is 315 g/mol. The molecule has 3 heteroatoms. The van der Waals surface area contributed by atoms with Crippen LogP contribution in [0.4, 0.5) is 5.69 Å². The summed E-state index contributed by atoms with van der Waals surface area (Å²) in [5.41, 5.74) is 1.11. The Labute approximate surface area is 117 Å². The molecule has 17 heavy (non-hydrogen) atoms. The Hall–Kier alpha value is -0.210. The molecular weight excluding hydrogens is 298 g/mol. The third kappa shape index (κ3) is 3.62. The molecule has 2 rings (SSSR count). The Morgan fingerprint density at radius 2 is 2.00 bits per heavy atom. The van der Waals surface area contributed by atoms with E-state index in [1.165, 1.54) is 32.1 Å². The van der Waals surface area contributed by atoms with Crippen molar-refractivity contribution in [2.24, 2.45) is 5.92 Å². The lowest BCUT2D eigenvalue weighted by molar-refractivity contribution is 0.328. The van der Waals surface area contributed by atoms with Crippen molar-refractivity contribution in [2.45, 2.75) is 45.1 Å². The van der Waals surface area contributed by atoms with Crippen molar-refractivity contribution in [3.05, 3.63) is 27.7 Å². The minimum Gasteiger partial charge on any atom is -0.381 e. The van der Waals surface area contributed by atoms with Gasteiger partial charge >= 0.3 is 0 Å². The molecule has 0 saturated heterocycles. The van der Waals surface area contributed by atoms with Crippen molar-refractivity contribution < 1.29 is 0 Å². The molecule has 0 aromatic heterocycles. The molecule has 0 aliphatic heterocycles. The molecular formula is C14H19BrClN. The SMILES string of the molecule is CC(Nc1cc(Cl)ccc1Br)C1CCCCC1. The lowest BCUT2D eigenvalue weighted by Crippen LogP contribution is -2.27. The minimum absolute atomic E-state index is 0.519. The van der Waals surface area contributed by atoms with Crippen LogP contribution < -0.4 is 5.32 Å². The van der Waals surface area contributed by atoms with Crippen LogP contribution in [0, 0.1) is 5.92 Å². The molecule has 1 saturated carbocycles. The molecule has 1 unspecified atom stereocenters. The summed E-state index contributed by atoms with van der Waals surface area (Å²) in [6.45, 7) is 2.28. The first-order chi connectivity index (χ1) is 8.16. The summed E-state index contributed by atoms with van der Waals surface area (Å²) < 4.78 is 1.09. The molecule has 0 amide bonds. The van der Waals surface area contributed by atoms with Gasteiger partial charge in [0.05, 0.1) is 5.69 Å². The van der Waals surface area contributed by atoms with E-state index in [4.69, 9.17) is 11.6 Å². The first-order valence-corrected chi connectivity index (χ1v) is 7.55. The number of rotatable bonds is 3. The van der Waals surface area contributed by atoms with Crippen molar-refractivity contribution in [1.29, 1.82) is 0 Å². The van der Waals surface area contributed by atoms with E-state index in [1.54, 1.807) is 0 Å². The van der Waals surface area contributed by atoms with Gasteiger partial charge in [0, 0.05) is 15.5 Å². The number of hydrogen-bond acceptors (Lipinski definition) is 1. The highest BCUT2D eigenvalue weighted by Crippen LogP contribution is 2.31. The van der Waals surface area contributed by atoms with Crippen molar-refractivity contribution in [3.63, 3.8) is 0 Å². The Morgan fingerprint density at radius 1 is 1.29 bits per heavy atom. The number of hydrogen-bond donors (Lipinski definition) is 1.